The van der Waals surface area contributed by atoms with E-state index in [1.165, 1.54) is 0 Å². The molecule has 3 aromatic heterocycles. The monoisotopic (exact) mass is 755 g/mol. The van der Waals surface area contributed by atoms with Crippen LogP contribution in [0.25, 0.3) is 44.7 Å². The molecule has 0 aliphatic carbocycles. The zero-order valence-electron chi connectivity index (χ0n) is 31.7. The van der Waals surface area contributed by atoms with Crippen LogP contribution < -0.4 is 10.6 Å². The van der Waals surface area contributed by atoms with E-state index in [0.717, 1.165) is 90.8 Å². The van der Waals surface area contributed by atoms with E-state index in [0.29, 0.717) is 52.4 Å². The Bertz CT molecular complexity index is 2480. The van der Waals surface area contributed by atoms with Crippen LogP contribution in [0, 0.1) is 31.1 Å². The minimum atomic E-state index is -2.85. The van der Waals surface area contributed by atoms with Gasteiger partial charge in [0.15, 0.2) is 17.2 Å². The first-order valence-electron chi connectivity index (χ1n) is 19.1. The molecule has 2 aliphatic rings. The molecule has 0 radical (unpaired) electrons. The van der Waals surface area contributed by atoms with Gasteiger partial charge in [-0.1, -0.05) is 24.3 Å². The van der Waals surface area contributed by atoms with E-state index in [1.54, 1.807) is 13.2 Å². The van der Waals surface area contributed by atoms with Crippen molar-refractivity contribution in [2.45, 2.75) is 59.0 Å². The summed E-state index contributed by atoms with van der Waals surface area (Å²) in [6.45, 7) is 8.95. The normalized spacial score (nSPS) is 15.5. The molecule has 2 aliphatic heterocycles. The number of benzene rings is 3. The van der Waals surface area contributed by atoms with Crippen LogP contribution in [-0.2, 0) is 17.9 Å². The van der Waals surface area contributed by atoms with Gasteiger partial charge < -0.3 is 15.1 Å². The molecular weight excluding hydrogens is 713 g/mol. The maximum absolute atomic E-state index is 14.1. The Morgan fingerprint density at radius 1 is 0.893 bits per heavy atom. The summed E-state index contributed by atoms with van der Waals surface area (Å²) in [4.78, 5) is 34.7. The Balaban J connectivity index is 1.08. The lowest BCUT2D eigenvalue weighted by atomic mass is 9.93. The number of hydrogen-bond donors (Lipinski definition) is 2. The molecule has 13 heteroatoms. The van der Waals surface area contributed by atoms with Crippen LogP contribution >= 0.6 is 0 Å². The number of carbonyl (C=O) groups is 1. The number of carbonyl (C=O) groups excluding carboxylic acids is 1. The van der Waals surface area contributed by atoms with E-state index in [1.807, 2.05) is 68.4 Å². The van der Waals surface area contributed by atoms with E-state index in [9.17, 15) is 18.8 Å². The summed E-state index contributed by atoms with van der Waals surface area (Å²) in [7, 11) is 1.68. The van der Waals surface area contributed by atoms with Gasteiger partial charge in [0.2, 0.25) is 11.8 Å². The first-order valence-corrected chi connectivity index (χ1v) is 19.1. The number of nitriles is 1. The van der Waals surface area contributed by atoms with Crippen molar-refractivity contribution in [1.29, 1.82) is 5.26 Å². The van der Waals surface area contributed by atoms with Crippen molar-refractivity contribution in [3.8, 4) is 28.7 Å². The van der Waals surface area contributed by atoms with Crippen LogP contribution in [0.4, 0.5) is 20.3 Å². The number of alkyl halides is 2. The predicted octanol–water partition coefficient (Wildman–Crippen LogP) is 8.22. The number of likely N-dealkylation sites (tertiary alicyclic amines) is 2. The van der Waals surface area contributed by atoms with Crippen LogP contribution in [-0.4, -0.2) is 68.9 Å². The summed E-state index contributed by atoms with van der Waals surface area (Å²) in [5, 5.41) is 16.2. The van der Waals surface area contributed by atoms with Gasteiger partial charge in [0.05, 0.1) is 11.1 Å². The van der Waals surface area contributed by atoms with Gasteiger partial charge in [0, 0.05) is 43.5 Å². The molecule has 0 atom stereocenters. The number of nitrogens with zero attached hydrogens (tertiary/aromatic N) is 7. The maximum atomic E-state index is 14.1. The summed E-state index contributed by atoms with van der Waals surface area (Å²) >= 11 is 0. The van der Waals surface area contributed by atoms with Gasteiger partial charge >= 0.3 is 0 Å². The van der Waals surface area contributed by atoms with Crippen LogP contribution in [0.2, 0.25) is 0 Å². The smallest absolute Gasteiger partial charge is 0.297 e. The minimum absolute atomic E-state index is 0.0308. The SMILES string of the molecule is CNC(=O)C1CCN(Cc2cc(C#N)c3oc(-c4cccc(-c5cccc(Nc6nc(C(F)F)nc7cc(CN8CCCC8)cnc67)c5C)c4C)nc3c2)CC1. The number of oxazole rings is 1. The third-order valence-corrected chi connectivity index (χ3v) is 11.1. The van der Waals surface area contributed by atoms with Gasteiger partial charge in [-0.05, 0) is 129 Å². The number of amides is 1. The maximum Gasteiger partial charge on any atom is 0.297 e. The third kappa shape index (κ3) is 7.42. The summed E-state index contributed by atoms with van der Waals surface area (Å²) in [5.41, 5.74) is 9.33. The van der Waals surface area contributed by atoms with Crippen LogP contribution in [0.3, 0.4) is 0 Å². The van der Waals surface area contributed by atoms with E-state index >= 15 is 0 Å². The van der Waals surface area contributed by atoms with Gasteiger partial charge in [-0.3, -0.25) is 19.6 Å². The van der Waals surface area contributed by atoms with Crippen molar-refractivity contribution in [2.75, 3.05) is 38.5 Å². The zero-order chi connectivity index (χ0) is 38.9. The van der Waals surface area contributed by atoms with Crippen LogP contribution in [0.15, 0.2) is 65.2 Å². The van der Waals surface area contributed by atoms with Crippen molar-refractivity contribution in [3.05, 3.63) is 94.4 Å². The lowest BCUT2D eigenvalue weighted by molar-refractivity contribution is -0.125. The number of piperidine rings is 1. The number of anilines is 2. The molecule has 6 aromatic rings. The molecule has 0 unspecified atom stereocenters. The minimum Gasteiger partial charge on any atom is -0.435 e. The number of hydrogen-bond acceptors (Lipinski definition) is 10. The van der Waals surface area contributed by atoms with E-state index in [-0.39, 0.29) is 17.6 Å². The molecule has 0 spiro atoms. The molecular formula is C43H43F2N9O2. The number of rotatable bonds is 10. The Morgan fingerprint density at radius 2 is 1.57 bits per heavy atom. The van der Waals surface area contributed by atoms with Gasteiger partial charge in [0.25, 0.3) is 6.43 Å². The van der Waals surface area contributed by atoms with Gasteiger partial charge in [-0.2, -0.15) is 5.26 Å². The van der Waals surface area contributed by atoms with Crippen molar-refractivity contribution >= 4 is 39.5 Å². The zero-order valence-corrected chi connectivity index (χ0v) is 31.7. The lowest BCUT2D eigenvalue weighted by Crippen LogP contribution is -2.39. The van der Waals surface area contributed by atoms with Gasteiger partial charge in [-0.15, -0.1) is 0 Å². The molecule has 286 valence electrons. The fraction of sp³-hybridized carbons (Fsp3) is 0.349. The number of aromatic nitrogens is 4. The molecule has 0 bridgehead atoms. The Hall–Kier alpha value is -5.84. The average molecular weight is 756 g/mol. The standard InChI is InChI=1S/C43H43F2N9O2/c1-25-31(8-6-10-33(25)43-51-36-19-27(18-30(21-46)38(36)56-43)23-54-16-12-29(13-17-54)42(55)47-3)32-9-7-11-34(26(32)2)49-40-37-35(50-41(52-40)39(44)45)20-28(22-48-37)24-53-14-4-5-15-53/h6-11,18-20,22,29,39H,4-5,12-17,23-24H2,1-3H3,(H,47,55)(H,49,50,52). The summed E-state index contributed by atoms with van der Waals surface area (Å²) in [6.07, 6.45) is 2.83. The quantitative estimate of drug-likeness (QED) is 0.141. The van der Waals surface area contributed by atoms with E-state index in [2.05, 4.69) is 41.5 Å². The molecule has 2 saturated heterocycles. The largest absolute Gasteiger partial charge is 0.435 e. The molecule has 0 saturated carbocycles. The summed E-state index contributed by atoms with van der Waals surface area (Å²) < 4.78 is 34.5. The van der Waals surface area contributed by atoms with Gasteiger partial charge in [0.1, 0.15) is 17.1 Å². The van der Waals surface area contributed by atoms with Crippen molar-refractivity contribution in [2.24, 2.45) is 5.92 Å². The number of fused-ring (bicyclic) bond motifs is 2. The summed E-state index contributed by atoms with van der Waals surface area (Å²) in [6, 6.07) is 19.7. The predicted molar refractivity (Wildman–Crippen MR) is 211 cm³/mol. The third-order valence-electron chi connectivity index (χ3n) is 11.1. The molecule has 2 N–H and O–H groups in total. The number of halogens is 2. The highest BCUT2D eigenvalue weighted by atomic mass is 19.3. The van der Waals surface area contributed by atoms with Crippen LogP contribution in [0.1, 0.15) is 65.8 Å². The first-order chi connectivity index (χ1) is 27.2. The average Bonchev–Trinajstić information content (AvgIpc) is 3.88. The van der Waals surface area contributed by atoms with Crippen LogP contribution in [0.5, 0.6) is 0 Å². The Kier molecular flexibility index (Phi) is 10.4. The Labute approximate surface area is 323 Å². The highest BCUT2D eigenvalue weighted by Gasteiger charge is 2.25. The molecule has 1 amide bonds. The molecule has 5 heterocycles. The fourth-order valence-electron chi connectivity index (χ4n) is 8.09. The molecule has 56 heavy (non-hydrogen) atoms. The summed E-state index contributed by atoms with van der Waals surface area (Å²) in [5.74, 6) is 0.200. The lowest BCUT2D eigenvalue weighted by Gasteiger charge is -2.31. The van der Waals surface area contributed by atoms with Crippen molar-refractivity contribution in [1.82, 2.24) is 35.1 Å². The first kappa shape index (κ1) is 37.1. The molecule has 8 rings (SSSR count). The van der Waals surface area contributed by atoms with Crippen molar-refractivity contribution in [3.63, 3.8) is 0 Å². The van der Waals surface area contributed by atoms with Crippen molar-refractivity contribution < 1.29 is 18.0 Å². The van der Waals surface area contributed by atoms with E-state index < -0.39 is 12.2 Å². The molecule has 11 nitrogen and oxygen atoms in total. The topological polar surface area (TPSA) is 136 Å². The number of pyridine rings is 1. The second-order valence-electron chi connectivity index (χ2n) is 14.8. The number of nitrogens with one attached hydrogen (secondary N) is 2. The fourth-order valence-corrected chi connectivity index (χ4v) is 8.09. The second kappa shape index (κ2) is 15.7. The second-order valence-corrected chi connectivity index (χ2v) is 14.8. The highest BCUT2D eigenvalue weighted by molar-refractivity contribution is 5.90. The molecule has 2 fully saturated rings. The molecule has 3 aromatic carbocycles. The van der Waals surface area contributed by atoms with Gasteiger partial charge in [-0.25, -0.2) is 23.7 Å². The van der Waals surface area contributed by atoms with E-state index in [4.69, 9.17) is 9.40 Å². The highest BCUT2D eigenvalue weighted by Crippen LogP contribution is 2.38. The Morgan fingerprint density at radius 3 is 2.30 bits per heavy atom.